The van der Waals surface area contributed by atoms with Gasteiger partial charge in [0.15, 0.2) is 0 Å². The highest BCUT2D eigenvalue weighted by atomic mass is 35.5. The Kier molecular flexibility index (Phi) is 2.93. The topological polar surface area (TPSA) is 21.3 Å². The molecule has 0 spiro atoms. The Labute approximate surface area is 90.9 Å². The smallest absolute Gasteiger partial charge is 0.148 e. The molecule has 76 valence electrons. The van der Waals surface area contributed by atoms with Crippen molar-refractivity contribution in [2.45, 2.75) is 12.5 Å². The zero-order valence-corrected chi connectivity index (χ0v) is 8.70. The van der Waals surface area contributed by atoms with Crippen molar-refractivity contribution in [2.75, 3.05) is 6.61 Å². The van der Waals surface area contributed by atoms with Crippen LogP contribution in [-0.4, -0.2) is 6.61 Å². The molecule has 0 saturated carbocycles. The third-order valence-electron chi connectivity index (χ3n) is 2.17. The highest BCUT2D eigenvalue weighted by Gasteiger charge is 2.22. The molecule has 1 fully saturated rings. The van der Waals surface area contributed by atoms with Crippen molar-refractivity contribution in [3.63, 3.8) is 0 Å². The van der Waals surface area contributed by atoms with Crippen LogP contribution in [0.2, 0.25) is 10.0 Å². The number of halogens is 3. The van der Waals surface area contributed by atoms with Gasteiger partial charge in [0.2, 0.25) is 0 Å². The van der Waals surface area contributed by atoms with Gasteiger partial charge in [0.05, 0.1) is 22.7 Å². The normalized spacial score (nSPS) is 21.5. The largest absolute Gasteiger partial charge is 0.301 e. The highest BCUT2D eigenvalue weighted by molar-refractivity contribution is 6.42. The molecule has 1 N–H and O–H groups in total. The van der Waals surface area contributed by atoms with E-state index in [4.69, 9.17) is 28.0 Å². The van der Waals surface area contributed by atoms with Gasteiger partial charge in [-0.3, -0.25) is 0 Å². The lowest BCUT2D eigenvalue weighted by Gasteiger charge is -2.11. The van der Waals surface area contributed by atoms with Crippen molar-refractivity contribution in [2.24, 2.45) is 0 Å². The SMILES string of the molecule is Fc1c(C2CCON2)ccc(Cl)c1Cl. The summed E-state index contributed by atoms with van der Waals surface area (Å²) in [5, 5.41) is 0.199. The van der Waals surface area contributed by atoms with Gasteiger partial charge in [-0.05, 0) is 12.5 Å². The Balaban J connectivity index is 2.38. The predicted molar refractivity (Wildman–Crippen MR) is 52.9 cm³/mol. The molecular formula is C9H8Cl2FNO. The van der Waals surface area contributed by atoms with E-state index in [0.717, 1.165) is 6.42 Å². The number of rotatable bonds is 1. The van der Waals surface area contributed by atoms with Crippen LogP contribution in [0.1, 0.15) is 18.0 Å². The fourth-order valence-electron chi connectivity index (χ4n) is 1.42. The minimum atomic E-state index is -0.470. The van der Waals surface area contributed by atoms with Crippen molar-refractivity contribution in [3.8, 4) is 0 Å². The van der Waals surface area contributed by atoms with E-state index in [1.54, 1.807) is 12.1 Å². The van der Waals surface area contributed by atoms with Crippen LogP contribution in [0.25, 0.3) is 0 Å². The van der Waals surface area contributed by atoms with E-state index in [1.807, 2.05) is 0 Å². The van der Waals surface area contributed by atoms with Crippen molar-refractivity contribution in [1.82, 2.24) is 5.48 Å². The van der Waals surface area contributed by atoms with Gasteiger partial charge in [0.1, 0.15) is 5.82 Å². The van der Waals surface area contributed by atoms with Crippen LogP contribution in [0, 0.1) is 5.82 Å². The number of benzene rings is 1. The highest BCUT2D eigenvalue weighted by Crippen LogP contribution is 2.32. The molecule has 1 unspecified atom stereocenters. The number of hydrogen-bond donors (Lipinski definition) is 1. The summed E-state index contributed by atoms with van der Waals surface area (Å²) in [5.74, 6) is -0.470. The summed E-state index contributed by atoms with van der Waals surface area (Å²) in [4.78, 5) is 4.94. The fourth-order valence-corrected chi connectivity index (χ4v) is 1.74. The van der Waals surface area contributed by atoms with Crippen LogP contribution in [0.4, 0.5) is 4.39 Å². The van der Waals surface area contributed by atoms with Gasteiger partial charge in [-0.25, -0.2) is 4.39 Å². The Morgan fingerprint density at radius 2 is 2.21 bits per heavy atom. The molecule has 0 aromatic heterocycles. The summed E-state index contributed by atoms with van der Waals surface area (Å²) in [6.07, 6.45) is 0.731. The molecule has 1 aromatic carbocycles. The molecule has 0 bridgehead atoms. The maximum Gasteiger partial charge on any atom is 0.148 e. The third-order valence-corrected chi connectivity index (χ3v) is 2.96. The van der Waals surface area contributed by atoms with Gasteiger partial charge in [-0.1, -0.05) is 29.3 Å². The van der Waals surface area contributed by atoms with E-state index in [0.29, 0.717) is 12.2 Å². The molecule has 1 saturated heterocycles. The molecule has 1 aliphatic rings. The minimum Gasteiger partial charge on any atom is -0.301 e. The van der Waals surface area contributed by atoms with Gasteiger partial charge in [0, 0.05) is 5.56 Å². The zero-order valence-electron chi connectivity index (χ0n) is 7.19. The van der Waals surface area contributed by atoms with Crippen LogP contribution in [-0.2, 0) is 4.84 Å². The van der Waals surface area contributed by atoms with Gasteiger partial charge in [-0.15, -0.1) is 0 Å². The zero-order chi connectivity index (χ0) is 10.1. The third kappa shape index (κ3) is 1.73. The Hall–Kier alpha value is -0.350. The average molecular weight is 236 g/mol. The summed E-state index contributed by atoms with van der Waals surface area (Å²) in [6, 6.07) is 3.07. The van der Waals surface area contributed by atoms with E-state index in [9.17, 15) is 4.39 Å². The maximum absolute atomic E-state index is 13.6. The monoisotopic (exact) mass is 235 g/mol. The summed E-state index contributed by atoms with van der Waals surface area (Å²) < 4.78 is 13.6. The molecule has 0 amide bonds. The first-order chi connectivity index (χ1) is 6.70. The van der Waals surface area contributed by atoms with Crippen LogP contribution < -0.4 is 5.48 Å². The molecule has 14 heavy (non-hydrogen) atoms. The first-order valence-electron chi connectivity index (χ1n) is 4.21. The molecule has 1 atom stereocenters. The molecule has 1 aromatic rings. The first kappa shape index (κ1) is 10.2. The minimum absolute atomic E-state index is 0.0298. The van der Waals surface area contributed by atoms with E-state index in [-0.39, 0.29) is 16.1 Å². The Morgan fingerprint density at radius 3 is 2.86 bits per heavy atom. The molecule has 1 aliphatic heterocycles. The average Bonchev–Trinajstić information content (AvgIpc) is 2.67. The van der Waals surface area contributed by atoms with Crippen molar-refractivity contribution >= 4 is 23.2 Å². The van der Waals surface area contributed by atoms with Gasteiger partial charge >= 0.3 is 0 Å². The van der Waals surface area contributed by atoms with Crippen molar-refractivity contribution in [3.05, 3.63) is 33.6 Å². The van der Waals surface area contributed by atoms with Crippen LogP contribution >= 0.6 is 23.2 Å². The molecular weight excluding hydrogens is 228 g/mol. The second-order valence-corrected chi connectivity index (χ2v) is 3.86. The van der Waals surface area contributed by atoms with Crippen molar-refractivity contribution in [1.29, 1.82) is 0 Å². The quantitative estimate of drug-likeness (QED) is 0.756. The summed E-state index contributed by atoms with van der Waals surface area (Å²) >= 11 is 11.4. The van der Waals surface area contributed by atoms with E-state index < -0.39 is 5.82 Å². The lowest BCUT2D eigenvalue weighted by Crippen LogP contribution is -2.13. The lowest BCUT2D eigenvalue weighted by molar-refractivity contribution is 0.0877. The summed E-state index contributed by atoms with van der Waals surface area (Å²) in [5.41, 5.74) is 3.22. The number of hydroxylamine groups is 1. The van der Waals surface area contributed by atoms with Gasteiger partial charge in [-0.2, -0.15) is 5.48 Å². The summed E-state index contributed by atoms with van der Waals surface area (Å²) in [6.45, 7) is 0.574. The van der Waals surface area contributed by atoms with Crippen LogP contribution in [0.5, 0.6) is 0 Å². The van der Waals surface area contributed by atoms with E-state index in [2.05, 4.69) is 5.48 Å². The molecule has 5 heteroatoms. The van der Waals surface area contributed by atoms with Gasteiger partial charge < -0.3 is 4.84 Å². The fraction of sp³-hybridized carbons (Fsp3) is 0.333. The second-order valence-electron chi connectivity index (χ2n) is 3.07. The standard InChI is InChI=1S/C9H8Cl2FNO/c10-6-2-1-5(9(12)8(6)11)7-3-4-14-13-7/h1-2,7,13H,3-4H2. The second kappa shape index (κ2) is 4.03. The van der Waals surface area contributed by atoms with Crippen molar-refractivity contribution < 1.29 is 9.23 Å². The molecule has 0 aliphatic carbocycles. The summed E-state index contributed by atoms with van der Waals surface area (Å²) in [7, 11) is 0. The lowest BCUT2D eigenvalue weighted by atomic mass is 10.1. The van der Waals surface area contributed by atoms with Crippen LogP contribution in [0.15, 0.2) is 12.1 Å². The Morgan fingerprint density at radius 1 is 1.43 bits per heavy atom. The molecule has 0 radical (unpaired) electrons. The van der Waals surface area contributed by atoms with Crippen LogP contribution in [0.3, 0.4) is 0 Å². The predicted octanol–water partition coefficient (Wildman–Crippen LogP) is 3.10. The molecule has 1 heterocycles. The molecule has 2 rings (SSSR count). The number of nitrogens with one attached hydrogen (secondary N) is 1. The number of hydrogen-bond acceptors (Lipinski definition) is 2. The van der Waals surface area contributed by atoms with E-state index in [1.165, 1.54) is 0 Å². The molecule has 2 nitrogen and oxygen atoms in total. The Bertz CT molecular complexity index is 353. The van der Waals surface area contributed by atoms with E-state index >= 15 is 0 Å². The maximum atomic E-state index is 13.6. The van der Waals surface area contributed by atoms with Gasteiger partial charge in [0.25, 0.3) is 0 Å². The first-order valence-corrected chi connectivity index (χ1v) is 4.96.